The van der Waals surface area contributed by atoms with E-state index in [1.165, 1.54) is 4.31 Å². The van der Waals surface area contributed by atoms with Gasteiger partial charge in [0.15, 0.2) is 0 Å². The Morgan fingerprint density at radius 1 is 1.42 bits per heavy atom. The van der Waals surface area contributed by atoms with Crippen LogP contribution in [0.3, 0.4) is 0 Å². The predicted molar refractivity (Wildman–Crippen MR) is 70.8 cm³/mol. The fourth-order valence-corrected chi connectivity index (χ4v) is 4.15. The summed E-state index contributed by atoms with van der Waals surface area (Å²) in [4.78, 5) is 10.7. The van der Waals surface area contributed by atoms with Crippen LogP contribution < -0.4 is 4.72 Å². The first-order valence-electron chi connectivity index (χ1n) is 6.87. The number of nitrogens with zero attached hydrogens (tertiary/aromatic N) is 1. The highest BCUT2D eigenvalue weighted by Crippen LogP contribution is 2.28. The lowest BCUT2D eigenvalue weighted by Gasteiger charge is -2.34. The van der Waals surface area contributed by atoms with Gasteiger partial charge in [-0.05, 0) is 37.5 Å². The molecule has 0 spiro atoms. The van der Waals surface area contributed by atoms with Crippen LogP contribution in [0.1, 0.15) is 39.0 Å². The molecule has 2 atom stereocenters. The van der Waals surface area contributed by atoms with Crippen molar-refractivity contribution in [2.75, 3.05) is 13.1 Å². The van der Waals surface area contributed by atoms with E-state index < -0.39 is 16.2 Å². The van der Waals surface area contributed by atoms with Gasteiger partial charge in [-0.1, -0.05) is 6.92 Å². The minimum atomic E-state index is -3.38. The predicted octanol–water partition coefficient (Wildman–Crippen LogP) is 0.806. The molecule has 2 N–H and O–H groups in total. The van der Waals surface area contributed by atoms with Gasteiger partial charge in [0.25, 0.3) is 10.2 Å². The third kappa shape index (κ3) is 4.15. The number of rotatable bonds is 6. The molecule has 1 aliphatic heterocycles. The molecule has 2 fully saturated rings. The molecule has 6 nitrogen and oxygen atoms in total. The van der Waals surface area contributed by atoms with Crippen molar-refractivity contribution in [1.82, 2.24) is 9.03 Å². The molecular formula is C12H22N2O4S. The number of hydrogen-bond acceptors (Lipinski definition) is 3. The van der Waals surface area contributed by atoms with Crippen molar-refractivity contribution in [3.63, 3.8) is 0 Å². The Morgan fingerprint density at radius 3 is 2.68 bits per heavy atom. The van der Waals surface area contributed by atoms with Gasteiger partial charge in [-0.15, -0.1) is 0 Å². The molecule has 110 valence electrons. The van der Waals surface area contributed by atoms with Crippen LogP contribution in [0.2, 0.25) is 0 Å². The van der Waals surface area contributed by atoms with Crippen molar-refractivity contribution in [1.29, 1.82) is 0 Å². The molecule has 2 aliphatic rings. The van der Waals surface area contributed by atoms with Crippen LogP contribution in [0.5, 0.6) is 0 Å². The van der Waals surface area contributed by atoms with Crippen LogP contribution in [0.4, 0.5) is 0 Å². The van der Waals surface area contributed by atoms with Crippen molar-refractivity contribution < 1.29 is 18.3 Å². The summed E-state index contributed by atoms with van der Waals surface area (Å²) in [7, 11) is -3.38. The van der Waals surface area contributed by atoms with Crippen molar-refractivity contribution in [2.24, 2.45) is 11.8 Å². The minimum absolute atomic E-state index is 0.0106. The molecule has 0 aromatic carbocycles. The summed E-state index contributed by atoms with van der Waals surface area (Å²) in [6.45, 7) is 2.87. The fourth-order valence-electron chi connectivity index (χ4n) is 2.59. The van der Waals surface area contributed by atoms with Crippen LogP contribution in [0, 0.1) is 11.8 Å². The topological polar surface area (TPSA) is 86.7 Å². The summed E-state index contributed by atoms with van der Waals surface area (Å²) >= 11 is 0. The highest BCUT2D eigenvalue weighted by Gasteiger charge is 2.35. The maximum Gasteiger partial charge on any atom is 0.303 e. The molecule has 1 saturated carbocycles. The third-order valence-electron chi connectivity index (χ3n) is 3.95. The first-order chi connectivity index (χ1) is 8.88. The number of nitrogens with one attached hydrogen (secondary N) is 1. The van der Waals surface area contributed by atoms with E-state index in [1.807, 2.05) is 6.92 Å². The Morgan fingerprint density at radius 2 is 2.11 bits per heavy atom. The molecule has 2 rings (SSSR count). The molecule has 19 heavy (non-hydrogen) atoms. The molecule has 0 aromatic heterocycles. The van der Waals surface area contributed by atoms with Gasteiger partial charge in [-0.3, -0.25) is 4.79 Å². The van der Waals surface area contributed by atoms with Gasteiger partial charge in [-0.2, -0.15) is 17.4 Å². The van der Waals surface area contributed by atoms with E-state index in [9.17, 15) is 13.2 Å². The van der Waals surface area contributed by atoms with Crippen LogP contribution in [0.15, 0.2) is 0 Å². The lowest BCUT2D eigenvalue weighted by atomic mass is 9.85. The Labute approximate surface area is 114 Å². The molecule has 7 heteroatoms. The second-order valence-electron chi connectivity index (χ2n) is 5.73. The number of carboxylic acids is 1. The summed E-state index contributed by atoms with van der Waals surface area (Å²) in [5.41, 5.74) is 0. The van der Waals surface area contributed by atoms with Crippen LogP contribution >= 0.6 is 0 Å². The zero-order chi connectivity index (χ0) is 14.0. The Bertz CT molecular complexity index is 433. The van der Waals surface area contributed by atoms with E-state index in [4.69, 9.17) is 5.11 Å². The summed E-state index contributed by atoms with van der Waals surface area (Å²) in [6.07, 6.45) is 3.66. The largest absolute Gasteiger partial charge is 0.481 e. The second kappa shape index (κ2) is 5.76. The number of piperidine rings is 1. The van der Waals surface area contributed by atoms with Crippen LogP contribution in [-0.2, 0) is 15.0 Å². The summed E-state index contributed by atoms with van der Waals surface area (Å²) < 4.78 is 28.4. The Balaban J connectivity index is 1.94. The molecular weight excluding hydrogens is 268 g/mol. The van der Waals surface area contributed by atoms with Gasteiger partial charge in [0, 0.05) is 25.6 Å². The summed E-state index contributed by atoms with van der Waals surface area (Å²) in [5, 5.41) is 8.82. The molecule has 1 saturated heterocycles. The molecule has 0 bridgehead atoms. The van der Waals surface area contributed by atoms with E-state index >= 15 is 0 Å². The number of carboxylic acid groups (broad SMARTS) is 1. The quantitative estimate of drug-likeness (QED) is 0.758. The highest BCUT2D eigenvalue weighted by atomic mass is 32.2. The highest BCUT2D eigenvalue weighted by molar-refractivity contribution is 7.87. The number of hydrogen-bond donors (Lipinski definition) is 2. The Hall–Kier alpha value is -0.660. The summed E-state index contributed by atoms with van der Waals surface area (Å²) in [5.74, 6) is -0.666. The van der Waals surface area contributed by atoms with Crippen LogP contribution in [0.25, 0.3) is 0 Å². The molecule has 1 aliphatic carbocycles. The first-order valence-corrected chi connectivity index (χ1v) is 8.31. The van der Waals surface area contributed by atoms with E-state index in [-0.39, 0.29) is 24.3 Å². The number of carbonyl (C=O) groups is 1. The lowest BCUT2D eigenvalue weighted by Crippen LogP contribution is -2.47. The molecule has 0 aromatic rings. The van der Waals surface area contributed by atoms with E-state index in [0.717, 1.165) is 25.7 Å². The molecule has 0 amide bonds. The van der Waals surface area contributed by atoms with E-state index in [1.54, 1.807) is 0 Å². The normalized spacial score (nSPS) is 27.1. The SMILES string of the molecule is CC(CC(=O)O)C1CCCN(S(=O)(=O)NC2CC2)C1. The van der Waals surface area contributed by atoms with Crippen molar-refractivity contribution in [2.45, 2.75) is 45.1 Å². The maximum atomic E-state index is 12.1. The van der Waals surface area contributed by atoms with Gasteiger partial charge in [0.1, 0.15) is 0 Å². The van der Waals surface area contributed by atoms with Gasteiger partial charge >= 0.3 is 5.97 Å². The number of aliphatic carboxylic acids is 1. The van der Waals surface area contributed by atoms with Gasteiger partial charge < -0.3 is 5.11 Å². The van der Waals surface area contributed by atoms with Gasteiger partial charge in [-0.25, -0.2) is 0 Å². The van der Waals surface area contributed by atoms with E-state index in [2.05, 4.69) is 4.72 Å². The van der Waals surface area contributed by atoms with E-state index in [0.29, 0.717) is 13.1 Å². The average molecular weight is 290 g/mol. The first kappa shape index (κ1) is 14.7. The van der Waals surface area contributed by atoms with Crippen LogP contribution in [-0.4, -0.2) is 42.9 Å². The minimum Gasteiger partial charge on any atom is -0.481 e. The van der Waals surface area contributed by atoms with Crippen molar-refractivity contribution in [3.8, 4) is 0 Å². The standard InChI is InChI=1S/C12H22N2O4S/c1-9(7-12(15)16)10-3-2-6-14(8-10)19(17,18)13-11-4-5-11/h9-11,13H,2-8H2,1H3,(H,15,16). The monoisotopic (exact) mass is 290 g/mol. The van der Waals surface area contributed by atoms with Gasteiger partial charge in [0.2, 0.25) is 0 Å². The van der Waals surface area contributed by atoms with Crippen molar-refractivity contribution in [3.05, 3.63) is 0 Å². The molecule has 1 heterocycles. The molecule has 2 unspecified atom stereocenters. The molecule has 0 radical (unpaired) electrons. The zero-order valence-electron chi connectivity index (χ0n) is 11.2. The fraction of sp³-hybridized carbons (Fsp3) is 0.917. The zero-order valence-corrected chi connectivity index (χ0v) is 12.0. The second-order valence-corrected chi connectivity index (χ2v) is 7.43. The Kier molecular flexibility index (Phi) is 4.47. The lowest BCUT2D eigenvalue weighted by molar-refractivity contribution is -0.138. The summed E-state index contributed by atoms with van der Waals surface area (Å²) in [6, 6.07) is 0.113. The maximum absolute atomic E-state index is 12.1. The third-order valence-corrected chi connectivity index (χ3v) is 5.60. The average Bonchev–Trinajstić information content (AvgIpc) is 3.11. The van der Waals surface area contributed by atoms with Crippen molar-refractivity contribution >= 4 is 16.2 Å². The van der Waals surface area contributed by atoms with Gasteiger partial charge in [0.05, 0.1) is 0 Å². The smallest absolute Gasteiger partial charge is 0.303 e.